The molecule has 13 heteroatoms. The van der Waals surface area contributed by atoms with Crippen molar-refractivity contribution in [1.29, 1.82) is 0 Å². The van der Waals surface area contributed by atoms with Gasteiger partial charge in [-0.1, -0.05) is 18.2 Å². The highest BCUT2D eigenvalue weighted by Gasteiger charge is 2.37. The fourth-order valence-electron chi connectivity index (χ4n) is 3.68. The topological polar surface area (TPSA) is 192 Å². The van der Waals surface area contributed by atoms with Crippen LogP contribution >= 0.6 is 7.82 Å². The van der Waals surface area contributed by atoms with Gasteiger partial charge in [-0.15, -0.1) is 0 Å². The largest absolute Gasteiger partial charge is 0.508 e. The molecule has 12 nitrogen and oxygen atoms in total. The minimum absolute atomic E-state index is 0.0283. The summed E-state index contributed by atoms with van der Waals surface area (Å²) in [6.45, 7) is 10.9. The highest BCUT2D eigenvalue weighted by Crippen LogP contribution is 2.38. The number of aryl methyl sites for hydroxylation is 3. The van der Waals surface area contributed by atoms with E-state index in [1.165, 1.54) is 24.2 Å². The second kappa shape index (κ2) is 13.9. The summed E-state index contributed by atoms with van der Waals surface area (Å²) in [5.41, 5.74) is 4.58. The van der Waals surface area contributed by atoms with Gasteiger partial charge in [-0.05, 0) is 81.5 Å². The van der Waals surface area contributed by atoms with E-state index < -0.39 is 44.1 Å². The summed E-state index contributed by atoms with van der Waals surface area (Å²) >= 11 is 0. The van der Waals surface area contributed by atoms with Gasteiger partial charge in [0.05, 0.1) is 12.7 Å². The minimum atomic E-state index is -4.67. The van der Waals surface area contributed by atoms with Crippen LogP contribution in [-0.2, 0) is 13.8 Å². The zero-order valence-electron chi connectivity index (χ0n) is 23.3. The quantitative estimate of drug-likeness (QED) is 0.250. The number of phosphoric ester groups is 1. The number of hydrogen-bond acceptors (Lipinski definition) is 8. The third kappa shape index (κ3) is 9.16. The van der Waals surface area contributed by atoms with Gasteiger partial charge in [-0.2, -0.15) is 0 Å². The second-order valence-electron chi connectivity index (χ2n) is 9.57. The predicted molar refractivity (Wildman–Crippen MR) is 148 cm³/mol. The highest BCUT2D eigenvalue weighted by atomic mass is 31.2. The summed E-state index contributed by atoms with van der Waals surface area (Å²) in [6.07, 6.45) is -1.57. The van der Waals surface area contributed by atoms with E-state index in [-0.39, 0.29) is 6.42 Å². The van der Waals surface area contributed by atoms with Crippen molar-refractivity contribution in [2.45, 2.75) is 66.4 Å². The molecule has 2 aromatic carbocycles. The van der Waals surface area contributed by atoms with E-state index in [4.69, 9.17) is 19.6 Å². The molecule has 6 N–H and O–H groups in total. The van der Waals surface area contributed by atoms with Gasteiger partial charge >= 0.3 is 13.5 Å². The first-order chi connectivity index (χ1) is 18.5. The Bertz CT molecular complexity index is 1430. The first-order valence-electron chi connectivity index (χ1n) is 12.4. The second-order valence-corrected chi connectivity index (χ2v) is 10.8. The molecule has 0 amide bonds. The van der Waals surface area contributed by atoms with Crippen LogP contribution in [0.25, 0.3) is 0 Å². The molecule has 2 heterocycles. The van der Waals surface area contributed by atoms with Gasteiger partial charge in [0.2, 0.25) is 0 Å². The zero-order valence-corrected chi connectivity index (χ0v) is 24.2. The lowest BCUT2D eigenvalue weighted by atomic mass is 10.0. The minimum Gasteiger partial charge on any atom is -0.508 e. The molecule has 40 heavy (non-hydrogen) atoms. The number of aliphatic hydroxyl groups excluding tert-OH is 1. The number of aromatic hydroxyl groups is 2. The van der Waals surface area contributed by atoms with Gasteiger partial charge in [-0.3, -0.25) is 18.9 Å². The Labute approximate surface area is 231 Å². The molecule has 4 rings (SSSR count). The van der Waals surface area contributed by atoms with Crippen molar-refractivity contribution in [2.24, 2.45) is 0 Å². The smallest absolute Gasteiger partial charge is 0.469 e. The molecular formula is C27H37N2O10P. The Kier molecular flexibility index (Phi) is 11.4. The summed E-state index contributed by atoms with van der Waals surface area (Å²) in [4.78, 5) is 42.3. The first-order valence-corrected chi connectivity index (χ1v) is 13.9. The number of aromatic amines is 1. The lowest BCUT2D eigenvalue weighted by Crippen LogP contribution is -2.33. The van der Waals surface area contributed by atoms with Gasteiger partial charge in [0.15, 0.2) is 0 Å². The average molecular weight is 581 g/mol. The monoisotopic (exact) mass is 580 g/mol. The molecule has 0 radical (unpaired) electrons. The van der Waals surface area contributed by atoms with E-state index in [9.17, 15) is 24.4 Å². The standard InChI is InChI=1S/C10H15N2O8P.C9H12O.C8H10O/c1-5-3-12(10(15)11-9(5)14)8-2-6(13)7(20-8)4-19-21(16,17)18;1-6-4-5-9(10)8(3)7(6)2;1-6-4-3-5-8(9)7(6)2/h3,6-8,13H,2,4H2,1H3,(H,11,14,15)(H2,16,17,18);4-5,10H,1-3H3;3-5,9H,1-2H3/t6-,7+,8+;;/m0../s1. The van der Waals surface area contributed by atoms with Crippen LogP contribution in [0.4, 0.5) is 0 Å². The number of phenolic OH excluding ortho intramolecular Hbond substituents is 2. The van der Waals surface area contributed by atoms with E-state index >= 15 is 0 Å². The summed E-state index contributed by atoms with van der Waals surface area (Å²) in [6, 6.07) is 9.18. The molecular weight excluding hydrogens is 543 g/mol. The average Bonchev–Trinajstić information content (AvgIpc) is 3.25. The van der Waals surface area contributed by atoms with Crippen LogP contribution in [0.15, 0.2) is 46.1 Å². The molecule has 1 aromatic heterocycles. The Hall–Kier alpha value is -3.25. The molecule has 0 bridgehead atoms. The van der Waals surface area contributed by atoms with Crippen LogP contribution in [0.3, 0.4) is 0 Å². The number of benzene rings is 2. The predicted octanol–water partition coefficient (Wildman–Crippen LogP) is 2.93. The fraction of sp³-hybridized carbons (Fsp3) is 0.407. The summed E-state index contributed by atoms with van der Waals surface area (Å²) in [5, 5.41) is 28.1. The molecule has 1 aliphatic rings. The fourth-order valence-corrected chi connectivity index (χ4v) is 4.02. The number of aromatic nitrogens is 2. The molecule has 0 spiro atoms. The number of phenols is 2. The number of aliphatic hydroxyl groups is 1. The first kappa shape index (κ1) is 33.0. The SMILES string of the molecule is Cc1ccc(O)c(C)c1C.Cc1cccc(O)c1C.Cc1cn([C@H]2C[C@H](O)[C@@H](COP(=O)(O)O)O2)c(=O)[nH]c1=O. The summed E-state index contributed by atoms with van der Waals surface area (Å²) in [7, 11) is -4.67. The number of nitrogens with zero attached hydrogens (tertiary/aromatic N) is 1. The molecule has 0 saturated carbocycles. The van der Waals surface area contributed by atoms with Crippen LogP contribution in [0, 0.1) is 41.5 Å². The van der Waals surface area contributed by atoms with Crippen molar-refractivity contribution in [3.05, 3.63) is 90.7 Å². The highest BCUT2D eigenvalue weighted by molar-refractivity contribution is 7.46. The summed E-state index contributed by atoms with van der Waals surface area (Å²) < 4.78 is 21.4. The van der Waals surface area contributed by atoms with Gasteiger partial charge < -0.3 is 29.8 Å². The molecule has 0 unspecified atom stereocenters. The Morgan fingerprint density at radius 1 is 0.925 bits per heavy atom. The van der Waals surface area contributed by atoms with Crippen molar-refractivity contribution in [2.75, 3.05) is 6.61 Å². The van der Waals surface area contributed by atoms with Crippen molar-refractivity contribution < 1.29 is 38.9 Å². The van der Waals surface area contributed by atoms with E-state index in [1.807, 2.05) is 52.8 Å². The maximum Gasteiger partial charge on any atom is 0.469 e. The molecule has 1 saturated heterocycles. The van der Waals surface area contributed by atoms with Crippen molar-refractivity contribution in [3.8, 4) is 11.5 Å². The lowest BCUT2D eigenvalue weighted by molar-refractivity contribution is -0.0451. The van der Waals surface area contributed by atoms with E-state index in [0.29, 0.717) is 17.1 Å². The Morgan fingerprint density at radius 3 is 2.08 bits per heavy atom. The Balaban J connectivity index is 0.000000243. The van der Waals surface area contributed by atoms with Gasteiger partial charge in [0, 0.05) is 18.2 Å². The van der Waals surface area contributed by atoms with Crippen molar-refractivity contribution in [1.82, 2.24) is 9.55 Å². The number of nitrogens with one attached hydrogen (secondary N) is 1. The molecule has 1 fully saturated rings. The van der Waals surface area contributed by atoms with Gasteiger partial charge in [-0.25, -0.2) is 9.36 Å². The van der Waals surface area contributed by atoms with Crippen molar-refractivity contribution in [3.63, 3.8) is 0 Å². The maximum absolute atomic E-state index is 11.7. The van der Waals surface area contributed by atoms with E-state index in [2.05, 4.69) is 9.51 Å². The maximum atomic E-state index is 11.7. The zero-order chi connectivity index (χ0) is 30.4. The van der Waals surface area contributed by atoms with E-state index in [0.717, 1.165) is 21.3 Å². The molecule has 220 valence electrons. The normalized spacial score (nSPS) is 18.4. The third-order valence-corrected chi connectivity index (χ3v) is 7.16. The lowest BCUT2D eigenvalue weighted by Gasteiger charge is -2.16. The number of rotatable bonds is 4. The number of H-pyrrole nitrogens is 1. The molecule has 0 aliphatic carbocycles. The number of phosphoric acid groups is 1. The van der Waals surface area contributed by atoms with Crippen LogP contribution in [0.2, 0.25) is 0 Å². The molecule has 3 aromatic rings. The van der Waals surface area contributed by atoms with Crippen molar-refractivity contribution >= 4 is 7.82 Å². The van der Waals surface area contributed by atoms with Crippen LogP contribution in [0.1, 0.15) is 46.0 Å². The van der Waals surface area contributed by atoms with Crippen LogP contribution in [-0.4, -0.2) is 53.5 Å². The third-order valence-electron chi connectivity index (χ3n) is 6.67. The van der Waals surface area contributed by atoms with Crippen LogP contribution < -0.4 is 11.2 Å². The summed E-state index contributed by atoms with van der Waals surface area (Å²) in [5.74, 6) is 0.776. The van der Waals surface area contributed by atoms with Crippen LogP contribution in [0.5, 0.6) is 11.5 Å². The van der Waals surface area contributed by atoms with E-state index in [1.54, 1.807) is 12.1 Å². The number of ether oxygens (including phenoxy) is 1. The molecule has 3 atom stereocenters. The number of hydrogen-bond donors (Lipinski definition) is 6. The Morgan fingerprint density at radius 2 is 1.52 bits per heavy atom. The molecule has 1 aliphatic heterocycles. The van der Waals surface area contributed by atoms with Gasteiger partial charge in [0.1, 0.15) is 23.8 Å². The van der Waals surface area contributed by atoms with Gasteiger partial charge in [0.25, 0.3) is 5.56 Å².